The van der Waals surface area contributed by atoms with Crippen LogP contribution in [0.4, 0.5) is 4.39 Å². The van der Waals surface area contributed by atoms with E-state index < -0.39 is 0 Å². The van der Waals surface area contributed by atoms with Gasteiger partial charge in [-0.05, 0) is 31.2 Å². The molecule has 82 valence electrons. The summed E-state index contributed by atoms with van der Waals surface area (Å²) in [5, 5.41) is 3.42. The Bertz CT molecular complexity index is 186. The lowest BCUT2D eigenvalue weighted by Gasteiger charge is -2.25. The Hall–Kier alpha value is -0.150. The van der Waals surface area contributed by atoms with E-state index in [0.29, 0.717) is 17.9 Å². The summed E-state index contributed by atoms with van der Waals surface area (Å²) in [6, 6.07) is 0.649. The Labute approximate surface area is 85.9 Å². The van der Waals surface area contributed by atoms with Crippen molar-refractivity contribution < 1.29 is 4.39 Å². The summed E-state index contributed by atoms with van der Waals surface area (Å²) in [4.78, 5) is 2.56. The molecule has 0 aromatic heterocycles. The minimum absolute atomic E-state index is 0.146. The van der Waals surface area contributed by atoms with Crippen molar-refractivity contribution in [2.24, 2.45) is 11.8 Å². The van der Waals surface area contributed by atoms with Crippen LogP contribution in [0.15, 0.2) is 0 Å². The molecule has 0 amide bonds. The van der Waals surface area contributed by atoms with E-state index in [-0.39, 0.29) is 6.67 Å². The monoisotopic (exact) mass is 200 g/mol. The van der Waals surface area contributed by atoms with Gasteiger partial charge < -0.3 is 5.32 Å². The van der Waals surface area contributed by atoms with Crippen molar-refractivity contribution in [1.29, 1.82) is 0 Å². The van der Waals surface area contributed by atoms with E-state index in [1.165, 1.54) is 13.0 Å². The van der Waals surface area contributed by atoms with Crippen molar-refractivity contribution in [3.8, 4) is 0 Å². The molecule has 2 rings (SSSR count). The fraction of sp³-hybridized carbons (Fsp3) is 1.00. The Morgan fingerprint density at radius 3 is 3.07 bits per heavy atom. The standard InChI is InChI=1S/C11H21FN2/c1-9-8-14-7-6-13-5-3-11(14)10(9)2-4-12/h9-11,13H,2-8H2,1H3/t9-,10?,11?/m0/s1. The fourth-order valence-corrected chi connectivity index (χ4v) is 3.14. The molecule has 0 aromatic rings. The lowest BCUT2D eigenvalue weighted by molar-refractivity contribution is 0.222. The van der Waals surface area contributed by atoms with Gasteiger partial charge in [-0.1, -0.05) is 6.92 Å². The lowest BCUT2D eigenvalue weighted by Crippen LogP contribution is -2.33. The van der Waals surface area contributed by atoms with Gasteiger partial charge in [-0.15, -0.1) is 0 Å². The van der Waals surface area contributed by atoms with Crippen LogP contribution in [0.2, 0.25) is 0 Å². The van der Waals surface area contributed by atoms with Gasteiger partial charge in [0.05, 0.1) is 6.67 Å². The maximum absolute atomic E-state index is 12.4. The Morgan fingerprint density at radius 2 is 2.29 bits per heavy atom. The third-order valence-electron chi connectivity index (χ3n) is 3.85. The van der Waals surface area contributed by atoms with Gasteiger partial charge in [0.25, 0.3) is 0 Å². The molecular weight excluding hydrogens is 179 g/mol. The molecule has 0 aliphatic carbocycles. The number of fused-ring (bicyclic) bond motifs is 1. The molecular formula is C11H21FN2. The van der Waals surface area contributed by atoms with E-state index >= 15 is 0 Å². The number of rotatable bonds is 2. The third-order valence-corrected chi connectivity index (χ3v) is 3.85. The van der Waals surface area contributed by atoms with E-state index in [4.69, 9.17) is 0 Å². The zero-order valence-corrected chi connectivity index (χ0v) is 9.01. The summed E-state index contributed by atoms with van der Waals surface area (Å²) in [6.45, 7) is 6.67. The second-order valence-electron chi connectivity index (χ2n) is 4.72. The summed E-state index contributed by atoms with van der Waals surface area (Å²) >= 11 is 0. The molecule has 0 bridgehead atoms. The van der Waals surface area contributed by atoms with Crippen LogP contribution in [-0.4, -0.2) is 43.8 Å². The number of nitrogens with one attached hydrogen (secondary N) is 1. The van der Waals surface area contributed by atoms with Crippen molar-refractivity contribution in [2.45, 2.75) is 25.8 Å². The van der Waals surface area contributed by atoms with Gasteiger partial charge in [-0.25, -0.2) is 0 Å². The van der Waals surface area contributed by atoms with Gasteiger partial charge in [-0.2, -0.15) is 0 Å². The highest BCUT2D eigenvalue weighted by atomic mass is 19.1. The first-order valence-corrected chi connectivity index (χ1v) is 5.83. The number of hydrogen-bond donors (Lipinski definition) is 1. The first-order chi connectivity index (χ1) is 6.83. The van der Waals surface area contributed by atoms with Crippen molar-refractivity contribution in [3.05, 3.63) is 0 Å². The molecule has 2 aliphatic rings. The summed E-state index contributed by atoms with van der Waals surface area (Å²) in [6.07, 6.45) is 1.97. The van der Waals surface area contributed by atoms with Crippen LogP contribution in [0.25, 0.3) is 0 Å². The number of halogens is 1. The van der Waals surface area contributed by atoms with E-state index in [0.717, 1.165) is 26.1 Å². The molecule has 2 fully saturated rings. The lowest BCUT2D eigenvalue weighted by atomic mass is 9.88. The first kappa shape index (κ1) is 10.4. The van der Waals surface area contributed by atoms with Gasteiger partial charge in [0.15, 0.2) is 0 Å². The average Bonchev–Trinajstić information content (AvgIpc) is 2.39. The zero-order valence-electron chi connectivity index (χ0n) is 9.01. The maximum Gasteiger partial charge on any atom is 0.0897 e. The largest absolute Gasteiger partial charge is 0.315 e. The van der Waals surface area contributed by atoms with E-state index in [1.54, 1.807) is 0 Å². The van der Waals surface area contributed by atoms with Crippen molar-refractivity contribution in [1.82, 2.24) is 10.2 Å². The molecule has 2 nitrogen and oxygen atoms in total. The Balaban J connectivity index is 2.01. The highest BCUT2D eigenvalue weighted by Crippen LogP contribution is 2.34. The third kappa shape index (κ3) is 1.94. The average molecular weight is 200 g/mol. The van der Waals surface area contributed by atoms with Crippen LogP contribution < -0.4 is 5.32 Å². The van der Waals surface area contributed by atoms with Gasteiger partial charge >= 0.3 is 0 Å². The zero-order chi connectivity index (χ0) is 9.97. The minimum atomic E-state index is -0.146. The van der Waals surface area contributed by atoms with Crippen LogP contribution in [0.5, 0.6) is 0 Å². The summed E-state index contributed by atoms with van der Waals surface area (Å²) in [5.74, 6) is 1.29. The number of nitrogens with zero attached hydrogens (tertiary/aromatic N) is 1. The van der Waals surface area contributed by atoms with Crippen molar-refractivity contribution in [2.75, 3.05) is 32.9 Å². The smallest absolute Gasteiger partial charge is 0.0897 e. The predicted octanol–water partition coefficient (Wildman–Crippen LogP) is 1.28. The molecule has 0 aromatic carbocycles. The van der Waals surface area contributed by atoms with Gasteiger partial charge in [0.1, 0.15) is 0 Å². The van der Waals surface area contributed by atoms with Gasteiger partial charge in [0.2, 0.25) is 0 Å². The fourth-order valence-electron chi connectivity index (χ4n) is 3.14. The Morgan fingerprint density at radius 1 is 1.43 bits per heavy atom. The van der Waals surface area contributed by atoms with Crippen LogP contribution in [0.3, 0.4) is 0 Å². The van der Waals surface area contributed by atoms with Crippen molar-refractivity contribution in [3.63, 3.8) is 0 Å². The maximum atomic E-state index is 12.4. The molecule has 0 saturated carbocycles. The number of hydrogen-bond acceptors (Lipinski definition) is 2. The molecule has 3 heteroatoms. The second kappa shape index (κ2) is 4.58. The van der Waals surface area contributed by atoms with E-state index in [9.17, 15) is 4.39 Å². The molecule has 2 aliphatic heterocycles. The number of alkyl halides is 1. The molecule has 2 saturated heterocycles. The van der Waals surface area contributed by atoms with E-state index in [2.05, 4.69) is 17.1 Å². The second-order valence-corrected chi connectivity index (χ2v) is 4.72. The van der Waals surface area contributed by atoms with Crippen LogP contribution in [0, 0.1) is 11.8 Å². The van der Waals surface area contributed by atoms with Crippen LogP contribution in [-0.2, 0) is 0 Å². The molecule has 2 heterocycles. The molecule has 14 heavy (non-hydrogen) atoms. The summed E-state index contributed by atoms with van der Waals surface area (Å²) < 4.78 is 12.4. The van der Waals surface area contributed by atoms with Crippen LogP contribution >= 0.6 is 0 Å². The quantitative estimate of drug-likeness (QED) is 0.722. The minimum Gasteiger partial charge on any atom is -0.315 e. The molecule has 0 radical (unpaired) electrons. The Kier molecular flexibility index (Phi) is 3.39. The summed E-state index contributed by atoms with van der Waals surface area (Å²) in [5.41, 5.74) is 0. The highest BCUT2D eigenvalue weighted by molar-refractivity contribution is 4.92. The molecule has 2 unspecified atom stereocenters. The summed E-state index contributed by atoms with van der Waals surface area (Å²) in [7, 11) is 0. The highest BCUT2D eigenvalue weighted by Gasteiger charge is 2.38. The van der Waals surface area contributed by atoms with Crippen LogP contribution in [0.1, 0.15) is 19.8 Å². The van der Waals surface area contributed by atoms with Crippen molar-refractivity contribution >= 4 is 0 Å². The molecule has 3 atom stereocenters. The predicted molar refractivity (Wildman–Crippen MR) is 56.1 cm³/mol. The SMILES string of the molecule is C[C@H]1CN2CCNCCC2C1CCF. The molecule has 0 spiro atoms. The van der Waals surface area contributed by atoms with E-state index in [1.807, 2.05) is 0 Å². The molecule has 1 N–H and O–H groups in total. The van der Waals surface area contributed by atoms with Gasteiger partial charge in [-0.3, -0.25) is 9.29 Å². The first-order valence-electron chi connectivity index (χ1n) is 5.83. The topological polar surface area (TPSA) is 15.3 Å². The van der Waals surface area contributed by atoms with Gasteiger partial charge in [0, 0.05) is 25.7 Å². The normalized spacial score (nSPS) is 39.4.